The van der Waals surface area contributed by atoms with Crippen molar-refractivity contribution in [3.05, 3.63) is 132 Å². The van der Waals surface area contributed by atoms with Crippen LogP contribution in [0.15, 0.2) is 131 Å². The number of hydrogen-bond donors (Lipinski definition) is 0. The Morgan fingerprint density at radius 3 is 1.82 bits per heavy atom. The minimum absolute atomic E-state index is 0.190. The molecular formula is C44H34S. The summed E-state index contributed by atoms with van der Waals surface area (Å²) in [5.41, 5.74) is 14.6. The van der Waals surface area contributed by atoms with E-state index in [1.165, 1.54) is 97.2 Å². The molecule has 0 nitrogen and oxygen atoms in total. The highest BCUT2D eigenvalue weighted by molar-refractivity contribution is 7.99. The Bertz CT molecular complexity index is 2190. The van der Waals surface area contributed by atoms with Gasteiger partial charge in [0.1, 0.15) is 0 Å². The molecule has 4 fully saturated rings. The van der Waals surface area contributed by atoms with E-state index in [0.29, 0.717) is 0 Å². The zero-order valence-electron chi connectivity index (χ0n) is 25.3. The summed E-state index contributed by atoms with van der Waals surface area (Å²) in [7, 11) is 0. The first-order valence-electron chi connectivity index (χ1n) is 16.9. The predicted octanol–water partition coefficient (Wildman–Crippen LogP) is 12.0. The van der Waals surface area contributed by atoms with Crippen LogP contribution < -0.4 is 0 Å². The molecule has 5 aliphatic carbocycles. The van der Waals surface area contributed by atoms with Gasteiger partial charge in [-0.25, -0.2) is 0 Å². The molecule has 4 saturated carbocycles. The van der Waals surface area contributed by atoms with Crippen LogP contribution >= 0.6 is 11.8 Å². The smallest absolute Gasteiger partial charge is 0.0272 e. The molecule has 4 bridgehead atoms. The zero-order chi connectivity index (χ0) is 29.3. The Labute approximate surface area is 269 Å². The van der Waals surface area contributed by atoms with E-state index in [4.69, 9.17) is 0 Å². The molecule has 1 aliphatic heterocycles. The monoisotopic (exact) mass is 594 g/mol. The average molecular weight is 595 g/mol. The molecule has 0 radical (unpaired) electrons. The maximum atomic E-state index is 2.53. The molecule has 6 aromatic rings. The molecule has 6 aromatic carbocycles. The average Bonchev–Trinajstić information content (AvgIpc) is 3.38. The summed E-state index contributed by atoms with van der Waals surface area (Å²) in [5, 5.41) is 2.75. The molecule has 0 unspecified atom stereocenters. The first-order valence-corrected chi connectivity index (χ1v) is 17.8. The summed E-state index contributed by atoms with van der Waals surface area (Å²) in [4.78, 5) is 2.71. The van der Waals surface area contributed by atoms with Crippen molar-refractivity contribution in [2.45, 2.75) is 47.3 Å². The molecule has 0 amide bonds. The lowest BCUT2D eigenvalue weighted by molar-refractivity contribution is -0.0399. The summed E-state index contributed by atoms with van der Waals surface area (Å²) >= 11 is 1.91. The lowest BCUT2D eigenvalue weighted by Gasteiger charge is -2.61. The summed E-state index contributed by atoms with van der Waals surface area (Å²) in [6.07, 6.45) is 7.17. The molecule has 12 rings (SSSR count). The van der Waals surface area contributed by atoms with Crippen LogP contribution in [0.4, 0.5) is 0 Å². The second-order valence-corrected chi connectivity index (χ2v) is 15.5. The number of rotatable bonds is 2. The van der Waals surface area contributed by atoms with Gasteiger partial charge in [0.15, 0.2) is 0 Å². The van der Waals surface area contributed by atoms with Gasteiger partial charge in [-0.2, -0.15) is 0 Å². The van der Waals surface area contributed by atoms with Crippen molar-refractivity contribution in [2.24, 2.45) is 23.7 Å². The maximum Gasteiger partial charge on any atom is 0.0272 e. The van der Waals surface area contributed by atoms with Crippen LogP contribution in [-0.2, 0) is 5.41 Å². The van der Waals surface area contributed by atoms with Gasteiger partial charge in [0.25, 0.3) is 0 Å². The molecule has 1 heteroatoms. The third kappa shape index (κ3) is 3.20. The van der Waals surface area contributed by atoms with E-state index in [1.54, 1.807) is 11.1 Å². The minimum atomic E-state index is 0.190. The van der Waals surface area contributed by atoms with Crippen LogP contribution in [-0.4, -0.2) is 0 Å². The van der Waals surface area contributed by atoms with Crippen molar-refractivity contribution < 1.29 is 0 Å². The van der Waals surface area contributed by atoms with Gasteiger partial charge in [0, 0.05) is 20.6 Å². The van der Waals surface area contributed by atoms with Crippen LogP contribution in [0, 0.1) is 23.7 Å². The summed E-state index contributed by atoms with van der Waals surface area (Å²) in [6.45, 7) is 0. The van der Waals surface area contributed by atoms with Crippen LogP contribution in [0.5, 0.6) is 0 Å². The molecule has 0 aromatic heterocycles. The van der Waals surface area contributed by atoms with E-state index in [-0.39, 0.29) is 5.41 Å². The third-order valence-corrected chi connectivity index (χ3v) is 13.6. The van der Waals surface area contributed by atoms with Crippen LogP contribution in [0.3, 0.4) is 0 Å². The molecule has 0 saturated heterocycles. The van der Waals surface area contributed by atoms with E-state index in [1.807, 2.05) is 11.8 Å². The maximum absolute atomic E-state index is 2.53. The van der Waals surface area contributed by atoms with Crippen molar-refractivity contribution in [1.29, 1.82) is 0 Å². The topological polar surface area (TPSA) is 0 Å². The van der Waals surface area contributed by atoms with Gasteiger partial charge < -0.3 is 0 Å². The standard InChI is InChI=1S/C44H34S/c1-2-10-31(30(9-1)32-19-20-41-43-35(32)13-7-14-36(43)33-11-4-6-18-40(33)45-41)34-15-8-17-39-42(34)37-12-3-5-16-38(37)44(39)28-22-26-21-27(24-28)25-29(44)23-26/h1-20,26-29H,21-25H2. The minimum Gasteiger partial charge on any atom is -0.0888 e. The van der Waals surface area contributed by atoms with Crippen LogP contribution in [0.1, 0.15) is 43.2 Å². The molecule has 1 heterocycles. The van der Waals surface area contributed by atoms with Crippen molar-refractivity contribution in [3.63, 3.8) is 0 Å². The number of fused-ring (bicyclic) bond motifs is 5. The largest absolute Gasteiger partial charge is 0.0888 e. The zero-order valence-corrected chi connectivity index (χ0v) is 26.1. The molecule has 0 atom stereocenters. The third-order valence-electron chi connectivity index (χ3n) is 12.5. The van der Waals surface area contributed by atoms with Gasteiger partial charge in [-0.05, 0) is 129 Å². The lowest BCUT2D eigenvalue weighted by Crippen LogP contribution is -2.55. The van der Waals surface area contributed by atoms with Gasteiger partial charge in [0.05, 0.1) is 0 Å². The van der Waals surface area contributed by atoms with Crippen LogP contribution in [0.25, 0.3) is 55.3 Å². The Morgan fingerprint density at radius 1 is 0.422 bits per heavy atom. The Balaban J connectivity index is 1.15. The quantitative estimate of drug-likeness (QED) is 0.192. The predicted molar refractivity (Wildman–Crippen MR) is 188 cm³/mol. The van der Waals surface area contributed by atoms with Crippen molar-refractivity contribution >= 4 is 22.5 Å². The number of hydrogen-bond acceptors (Lipinski definition) is 1. The van der Waals surface area contributed by atoms with Crippen molar-refractivity contribution in [1.82, 2.24) is 0 Å². The molecule has 6 aliphatic rings. The Hall–Kier alpha value is -4.07. The second kappa shape index (κ2) is 9.02. The van der Waals surface area contributed by atoms with Gasteiger partial charge in [-0.1, -0.05) is 121 Å². The summed E-state index contributed by atoms with van der Waals surface area (Å²) in [5.74, 6) is 3.47. The fourth-order valence-electron chi connectivity index (χ4n) is 11.2. The first-order chi connectivity index (χ1) is 22.3. The molecule has 1 spiro atoms. The van der Waals surface area contributed by atoms with E-state index < -0.39 is 0 Å². The molecular weight excluding hydrogens is 561 g/mol. The highest BCUT2D eigenvalue weighted by atomic mass is 32.2. The van der Waals surface area contributed by atoms with Crippen LogP contribution in [0.2, 0.25) is 0 Å². The summed E-state index contributed by atoms with van der Waals surface area (Å²) in [6, 6.07) is 46.6. The van der Waals surface area contributed by atoms with Crippen molar-refractivity contribution in [2.75, 3.05) is 0 Å². The second-order valence-electron chi connectivity index (χ2n) is 14.4. The van der Waals surface area contributed by atoms with E-state index >= 15 is 0 Å². The van der Waals surface area contributed by atoms with E-state index in [9.17, 15) is 0 Å². The normalized spacial score (nSPS) is 26.2. The highest BCUT2D eigenvalue weighted by Gasteiger charge is 2.61. The molecule has 216 valence electrons. The van der Waals surface area contributed by atoms with Gasteiger partial charge in [0.2, 0.25) is 0 Å². The fraction of sp³-hybridized carbons (Fsp3) is 0.227. The molecule has 0 N–H and O–H groups in total. The van der Waals surface area contributed by atoms with Gasteiger partial charge >= 0.3 is 0 Å². The van der Waals surface area contributed by atoms with E-state index in [0.717, 1.165) is 23.7 Å². The molecule has 45 heavy (non-hydrogen) atoms. The lowest BCUT2D eigenvalue weighted by atomic mass is 9.43. The summed E-state index contributed by atoms with van der Waals surface area (Å²) < 4.78 is 0. The Kier molecular flexibility index (Phi) is 5.04. The van der Waals surface area contributed by atoms with E-state index in [2.05, 4.69) is 121 Å². The highest BCUT2D eigenvalue weighted by Crippen LogP contribution is 2.70. The first kappa shape index (κ1) is 25.2. The van der Waals surface area contributed by atoms with Gasteiger partial charge in [-0.15, -0.1) is 0 Å². The van der Waals surface area contributed by atoms with Gasteiger partial charge in [-0.3, -0.25) is 0 Å². The number of benzene rings is 6. The SMILES string of the molecule is c1ccc2c(c1)Sc1ccc(-c3ccccc3-c3cccc4c3-c3ccccc3C43C4CC5CC(C4)CC3C5)c3cccc-2c13. The Morgan fingerprint density at radius 2 is 1.02 bits per heavy atom. The van der Waals surface area contributed by atoms with Crippen molar-refractivity contribution in [3.8, 4) is 44.5 Å². The fourth-order valence-corrected chi connectivity index (χ4v) is 12.3.